The topological polar surface area (TPSA) is 26.3 Å². The zero-order chi connectivity index (χ0) is 8.85. The minimum absolute atomic E-state index is 0.341. The van der Waals surface area contributed by atoms with Gasteiger partial charge in [0.25, 0.3) is 0 Å². The molecule has 0 saturated carbocycles. The molecule has 11 heavy (non-hydrogen) atoms. The smallest absolute Gasteiger partial charge is 0.346 e. The molecule has 0 rings (SSSR count). The Hall–Kier alpha value is 0.960. The van der Waals surface area contributed by atoms with Gasteiger partial charge in [0.1, 0.15) is 3.58 Å². The molecular formula is C6H7ClI2O2. The minimum Gasteiger partial charge on any atom is -0.462 e. The first-order chi connectivity index (χ1) is 5.09. The molecule has 0 atom stereocenters. The van der Waals surface area contributed by atoms with Crippen LogP contribution >= 0.6 is 56.8 Å². The molecule has 0 aromatic heterocycles. The summed E-state index contributed by atoms with van der Waals surface area (Å²) >= 11 is 9.29. The fraction of sp³-hybridized carbons (Fsp3) is 0.500. The van der Waals surface area contributed by atoms with Gasteiger partial charge in [0, 0.05) is 0 Å². The van der Waals surface area contributed by atoms with E-state index >= 15 is 0 Å². The van der Waals surface area contributed by atoms with Crippen molar-refractivity contribution in [1.82, 2.24) is 0 Å². The molecule has 5 heteroatoms. The predicted octanol–water partition coefficient (Wildman–Crippen LogP) is 3.22. The van der Waals surface area contributed by atoms with Crippen molar-refractivity contribution in [2.45, 2.75) is 13.3 Å². The summed E-state index contributed by atoms with van der Waals surface area (Å²) < 4.78 is 5.71. The second-order valence-electron chi connectivity index (χ2n) is 1.71. The number of halogens is 3. The van der Waals surface area contributed by atoms with Gasteiger partial charge in [0.15, 0.2) is 0 Å². The van der Waals surface area contributed by atoms with Crippen LogP contribution in [0.2, 0.25) is 0 Å². The zero-order valence-corrected chi connectivity index (χ0v) is 10.9. The Labute approximate surface area is 98.0 Å². The van der Waals surface area contributed by atoms with E-state index in [0.717, 1.165) is 6.42 Å². The third kappa shape index (κ3) is 5.24. The second kappa shape index (κ2) is 6.47. The van der Waals surface area contributed by atoms with Crippen LogP contribution in [0.1, 0.15) is 13.3 Å². The van der Waals surface area contributed by atoms with Crippen LogP contribution in [0.5, 0.6) is 0 Å². The number of rotatable bonds is 3. The Morgan fingerprint density at radius 3 is 2.45 bits per heavy atom. The quantitative estimate of drug-likeness (QED) is 0.413. The lowest BCUT2D eigenvalue weighted by molar-refractivity contribution is -0.137. The molecule has 0 radical (unpaired) electrons. The fourth-order valence-corrected chi connectivity index (χ4v) is 0.788. The zero-order valence-electron chi connectivity index (χ0n) is 5.86. The largest absolute Gasteiger partial charge is 0.462 e. The van der Waals surface area contributed by atoms with Crippen LogP contribution in [0.15, 0.2) is 6.62 Å². The normalized spacial score (nSPS) is 12.4. The van der Waals surface area contributed by atoms with Crippen LogP contribution in [0.3, 0.4) is 0 Å². The van der Waals surface area contributed by atoms with Gasteiger partial charge < -0.3 is 4.74 Å². The van der Waals surface area contributed by atoms with E-state index in [2.05, 4.69) is 0 Å². The average Bonchev–Trinajstić information content (AvgIpc) is 1.98. The number of hydrogen-bond acceptors (Lipinski definition) is 2. The van der Waals surface area contributed by atoms with Gasteiger partial charge in [0.05, 0.1) is 9.65 Å². The molecule has 0 aromatic rings. The van der Waals surface area contributed by atoms with Gasteiger partial charge in [-0.25, -0.2) is 4.79 Å². The third-order valence-corrected chi connectivity index (χ3v) is 3.84. The Morgan fingerprint density at radius 2 is 2.09 bits per heavy atom. The van der Waals surface area contributed by atoms with Gasteiger partial charge in [-0.05, 0) is 51.6 Å². The van der Waals surface area contributed by atoms with Crippen molar-refractivity contribution < 1.29 is 9.53 Å². The Morgan fingerprint density at radius 1 is 1.55 bits per heavy atom. The van der Waals surface area contributed by atoms with E-state index in [9.17, 15) is 4.79 Å². The summed E-state index contributed by atoms with van der Waals surface area (Å²) in [6.45, 7) is 2.39. The minimum atomic E-state index is -0.341. The van der Waals surface area contributed by atoms with E-state index in [-0.39, 0.29) is 5.97 Å². The molecule has 0 aliphatic carbocycles. The maximum Gasteiger partial charge on any atom is 0.346 e. The second-order valence-corrected chi connectivity index (χ2v) is 4.88. The molecule has 0 aliphatic rings. The summed E-state index contributed by atoms with van der Waals surface area (Å²) in [5.41, 5.74) is 0. The highest BCUT2D eigenvalue weighted by atomic mass is 127. The lowest BCUT2D eigenvalue weighted by Crippen LogP contribution is -2.04. The molecule has 64 valence electrons. The molecule has 0 bridgehead atoms. The molecule has 0 aromatic carbocycles. The van der Waals surface area contributed by atoms with Crippen molar-refractivity contribution in [3.8, 4) is 0 Å². The third-order valence-electron chi connectivity index (χ3n) is 0.782. The highest BCUT2D eigenvalue weighted by molar-refractivity contribution is 14.1. The van der Waals surface area contributed by atoms with Crippen molar-refractivity contribution in [2.75, 3.05) is 6.61 Å². The van der Waals surface area contributed by atoms with Crippen molar-refractivity contribution in [3.05, 3.63) is 6.62 Å². The maximum absolute atomic E-state index is 11.0. The van der Waals surface area contributed by atoms with E-state index in [0.29, 0.717) is 13.2 Å². The summed E-state index contributed by atoms with van der Waals surface area (Å²) in [4.78, 5) is 11.0. The number of ether oxygens (including phenoxy) is 1. The molecule has 0 amide bonds. The van der Waals surface area contributed by atoms with Crippen molar-refractivity contribution >= 4 is 62.8 Å². The fourth-order valence-electron chi connectivity index (χ4n) is 0.335. The first kappa shape index (κ1) is 12.0. The number of esters is 1. The van der Waals surface area contributed by atoms with Gasteiger partial charge >= 0.3 is 5.97 Å². The van der Waals surface area contributed by atoms with E-state index in [1.54, 1.807) is 0 Å². The van der Waals surface area contributed by atoms with Crippen molar-refractivity contribution in [1.29, 1.82) is 0 Å². The van der Waals surface area contributed by atoms with Gasteiger partial charge in [-0.1, -0.05) is 18.5 Å². The molecular weight excluding hydrogens is 393 g/mol. The molecule has 0 aliphatic heterocycles. The standard InChI is InChI=1S/C6H7ClI2O2/c1-2-3-11-6(10)4(8)5(7)9/h2-3H2,1H3. The van der Waals surface area contributed by atoms with Crippen LogP contribution in [0.4, 0.5) is 0 Å². The molecule has 0 saturated heterocycles. The molecule has 0 unspecified atom stereocenters. The van der Waals surface area contributed by atoms with Crippen LogP contribution in [-0.4, -0.2) is 12.6 Å². The summed E-state index contributed by atoms with van der Waals surface area (Å²) in [5, 5.41) is 0. The monoisotopic (exact) mass is 400 g/mol. The van der Waals surface area contributed by atoms with Crippen molar-refractivity contribution in [2.24, 2.45) is 0 Å². The summed E-state index contributed by atoms with van der Waals surface area (Å²) in [5.74, 6) is -0.341. The first-order valence-electron chi connectivity index (χ1n) is 2.97. The number of carbonyl (C=O) groups is 1. The van der Waals surface area contributed by atoms with E-state index in [1.807, 2.05) is 52.1 Å². The van der Waals surface area contributed by atoms with Crippen LogP contribution in [0.25, 0.3) is 0 Å². The average molecular weight is 400 g/mol. The first-order valence-corrected chi connectivity index (χ1v) is 5.51. The molecule has 0 heterocycles. The summed E-state index contributed by atoms with van der Waals surface area (Å²) in [6, 6.07) is 0. The highest BCUT2D eigenvalue weighted by Gasteiger charge is 2.09. The van der Waals surface area contributed by atoms with E-state index in [4.69, 9.17) is 16.3 Å². The number of hydrogen-bond donors (Lipinski definition) is 0. The highest BCUT2D eigenvalue weighted by Crippen LogP contribution is 2.23. The predicted molar refractivity (Wildman–Crippen MR) is 62.2 cm³/mol. The number of carbonyl (C=O) groups excluding carboxylic acids is 1. The lowest BCUT2D eigenvalue weighted by atomic mass is 10.5. The van der Waals surface area contributed by atoms with Crippen LogP contribution in [0, 0.1) is 0 Å². The van der Waals surface area contributed by atoms with Crippen LogP contribution < -0.4 is 0 Å². The Balaban J connectivity index is 3.95. The molecule has 0 spiro atoms. The maximum atomic E-state index is 11.0. The lowest BCUT2D eigenvalue weighted by Gasteiger charge is -2.00. The SMILES string of the molecule is CCCOC(=O)C(I)=C(Cl)I. The molecule has 0 N–H and O–H groups in total. The van der Waals surface area contributed by atoms with Crippen molar-refractivity contribution in [3.63, 3.8) is 0 Å². The van der Waals surface area contributed by atoms with Gasteiger partial charge in [-0.2, -0.15) is 0 Å². The summed E-state index contributed by atoms with van der Waals surface area (Å²) in [7, 11) is 0. The molecule has 2 nitrogen and oxygen atoms in total. The summed E-state index contributed by atoms with van der Waals surface area (Å²) in [6.07, 6.45) is 0.828. The van der Waals surface area contributed by atoms with E-state index < -0.39 is 0 Å². The van der Waals surface area contributed by atoms with Gasteiger partial charge in [0.2, 0.25) is 0 Å². The Kier molecular flexibility index (Phi) is 7.04. The van der Waals surface area contributed by atoms with Gasteiger partial charge in [-0.15, -0.1) is 0 Å². The van der Waals surface area contributed by atoms with Gasteiger partial charge in [-0.3, -0.25) is 0 Å². The Bertz CT molecular complexity index is 175. The van der Waals surface area contributed by atoms with E-state index in [1.165, 1.54) is 0 Å². The van der Waals surface area contributed by atoms with Crippen LogP contribution in [-0.2, 0) is 9.53 Å². The molecule has 0 fully saturated rings.